The summed E-state index contributed by atoms with van der Waals surface area (Å²) in [5.74, 6) is 0.411. The van der Waals surface area contributed by atoms with Gasteiger partial charge in [-0.05, 0) is 37.8 Å². The van der Waals surface area contributed by atoms with Gasteiger partial charge in [0.1, 0.15) is 5.78 Å². The Hall–Kier alpha value is -1.84. The smallest absolute Gasteiger partial charge is 0.321 e. The minimum absolute atomic E-state index is 0.0581. The van der Waals surface area contributed by atoms with Gasteiger partial charge in [0.05, 0.1) is 0 Å². The fourth-order valence-corrected chi connectivity index (χ4v) is 3.60. The van der Waals surface area contributed by atoms with Gasteiger partial charge in [-0.2, -0.15) is 0 Å². The predicted octanol–water partition coefficient (Wildman–Crippen LogP) is 3.44. The fraction of sp³-hybridized carbons (Fsp3) is 0.529. The van der Waals surface area contributed by atoms with Crippen LogP contribution in [0.25, 0.3) is 0 Å². The number of carbonyl (C=O) groups is 2. The molecule has 2 aliphatic rings. The third-order valence-electron chi connectivity index (χ3n) is 4.65. The van der Waals surface area contributed by atoms with Crippen LogP contribution in [0.2, 0.25) is 0 Å². The first-order chi connectivity index (χ1) is 10.3. The van der Waals surface area contributed by atoms with Crippen molar-refractivity contribution in [3.63, 3.8) is 0 Å². The van der Waals surface area contributed by atoms with Gasteiger partial charge >= 0.3 is 6.03 Å². The molecule has 1 aromatic carbocycles. The molecule has 21 heavy (non-hydrogen) atoms. The van der Waals surface area contributed by atoms with E-state index in [-0.39, 0.29) is 18.0 Å². The molecular formula is C17H22N2O2. The Kier molecular flexibility index (Phi) is 4.23. The summed E-state index contributed by atoms with van der Waals surface area (Å²) in [6.07, 6.45) is 5.71. The van der Waals surface area contributed by atoms with Crippen molar-refractivity contribution in [1.29, 1.82) is 0 Å². The standard InChI is InChI=1S/C17H22N2O2/c20-16-11-5-4-9-14(16)15-10-6-12-19(15)17(21)18-13-7-2-1-3-8-13/h1-3,7-8,14-15H,4-6,9-12H2,(H,18,21). The normalized spacial score (nSPS) is 25.9. The predicted molar refractivity (Wildman–Crippen MR) is 82.2 cm³/mol. The molecule has 2 fully saturated rings. The van der Waals surface area contributed by atoms with Crippen molar-refractivity contribution in [3.05, 3.63) is 30.3 Å². The lowest BCUT2D eigenvalue weighted by Gasteiger charge is -2.33. The molecule has 112 valence electrons. The molecule has 1 saturated carbocycles. The summed E-state index contributed by atoms with van der Waals surface area (Å²) < 4.78 is 0. The summed E-state index contributed by atoms with van der Waals surface area (Å²) in [6.45, 7) is 0.757. The van der Waals surface area contributed by atoms with Gasteiger partial charge in [-0.1, -0.05) is 24.6 Å². The molecule has 1 heterocycles. The highest BCUT2D eigenvalue weighted by atomic mass is 16.2. The van der Waals surface area contributed by atoms with Crippen LogP contribution in [-0.2, 0) is 4.79 Å². The summed E-state index contributed by atoms with van der Waals surface area (Å²) in [5, 5.41) is 2.94. The number of urea groups is 1. The Morgan fingerprint density at radius 2 is 1.90 bits per heavy atom. The van der Waals surface area contributed by atoms with Crippen LogP contribution in [0.3, 0.4) is 0 Å². The van der Waals surface area contributed by atoms with E-state index in [1.165, 1.54) is 0 Å². The summed E-state index contributed by atoms with van der Waals surface area (Å²) in [6, 6.07) is 9.53. The van der Waals surface area contributed by atoms with Crippen LogP contribution in [0.15, 0.2) is 30.3 Å². The lowest BCUT2D eigenvalue weighted by molar-refractivity contribution is -0.126. The largest absolute Gasteiger partial charge is 0.322 e. The quantitative estimate of drug-likeness (QED) is 0.905. The number of amides is 2. The molecule has 0 radical (unpaired) electrons. The van der Waals surface area contributed by atoms with Crippen LogP contribution in [-0.4, -0.2) is 29.3 Å². The fourth-order valence-electron chi connectivity index (χ4n) is 3.60. The van der Waals surface area contributed by atoms with Crippen molar-refractivity contribution in [1.82, 2.24) is 4.90 Å². The number of likely N-dealkylation sites (tertiary alicyclic amines) is 1. The zero-order valence-corrected chi connectivity index (χ0v) is 12.3. The minimum Gasteiger partial charge on any atom is -0.321 e. The number of para-hydroxylation sites is 1. The highest BCUT2D eigenvalue weighted by Crippen LogP contribution is 2.32. The maximum Gasteiger partial charge on any atom is 0.322 e. The number of benzene rings is 1. The van der Waals surface area contributed by atoms with Gasteiger partial charge in [0.15, 0.2) is 0 Å². The Morgan fingerprint density at radius 3 is 2.67 bits per heavy atom. The van der Waals surface area contributed by atoms with Gasteiger partial charge in [-0.25, -0.2) is 4.79 Å². The van der Waals surface area contributed by atoms with Gasteiger partial charge in [-0.15, -0.1) is 0 Å². The molecule has 2 atom stereocenters. The molecule has 1 aromatic rings. The van der Waals surface area contributed by atoms with Crippen molar-refractivity contribution in [2.45, 2.75) is 44.6 Å². The summed E-state index contributed by atoms with van der Waals surface area (Å²) >= 11 is 0. The van der Waals surface area contributed by atoms with E-state index < -0.39 is 0 Å². The Labute approximate surface area is 125 Å². The van der Waals surface area contributed by atoms with Crippen LogP contribution < -0.4 is 5.32 Å². The van der Waals surface area contributed by atoms with Crippen molar-refractivity contribution in [2.24, 2.45) is 5.92 Å². The highest BCUT2D eigenvalue weighted by Gasteiger charge is 2.38. The molecular weight excluding hydrogens is 264 g/mol. The number of anilines is 1. The Balaban J connectivity index is 1.68. The first-order valence-electron chi connectivity index (χ1n) is 7.91. The van der Waals surface area contributed by atoms with Crippen molar-refractivity contribution in [3.8, 4) is 0 Å². The van der Waals surface area contributed by atoms with Crippen molar-refractivity contribution >= 4 is 17.5 Å². The summed E-state index contributed by atoms with van der Waals surface area (Å²) in [5.41, 5.74) is 0.808. The van der Waals surface area contributed by atoms with E-state index in [9.17, 15) is 9.59 Å². The Morgan fingerprint density at radius 1 is 1.10 bits per heavy atom. The van der Waals surface area contributed by atoms with E-state index in [0.29, 0.717) is 12.2 Å². The number of nitrogens with zero attached hydrogens (tertiary/aromatic N) is 1. The van der Waals surface area contributed by atoms with Gasteiger partial charge < -0.3 is 10.2 Å². The molecule has 1 aliphatic carbocycles. The van der Waals surface area contributed by atoms with E-state index in [0.717, 1.165) is 44.3 Å². The second-order valence-corrected chi connectivity index (χ2v) is 6.02. The van der Waals surface area contributed by atoms with E-state index in [1.54, 1.807) is 0 Å². The van der Waals surface area contributed by atoms with Crippen LogP contribution in [0.4, 0.5) is 10.5 Å². The van der Waals surface area contributed by atoms with E-state index in [2.05, 4.69) is 5.32 Å². The van der Waals surface area contributed by atoms with Crippen molar-refractivity contribution in [2.75, 3.05) is 11.9 Å². The molecule has 0 bridgehead atoms. The maximum atomic E-state index is 12.5. The molecule has 4 nitrogen and oxygen atoms in total. The third kappa shape index (κ3) is 3.09. The summed E-state index contributed by atoms with van der Waals surface area (Å²) in [7, 11) is 0. The molecule has 0 aromatic heterocycles. The monoisotopic (exact) mass is 286 g/mol. The number of carbonyl (C=O) groups excluding carboxylic acids is 2. The average Bonchev–Trinajstić information content (AvgIpc) is 2.98. The van der Waals surface area contributed by atoms with Crippen molar-refractivity contribution < 1.29 is 9.59 Å². The van der Waals surface area contributed by atoms with Gasteiger partial charge in [-0.3, -0.25) is 4.79 Å². The molecule has 3 rings (SSSR count). The molecule has 2 unspecified atom stereocenters. The van der Waals surface area contributed by atoms with E-state index in [4.69, 9.17) is 0 Å². The van der Waals surface area contributed by atoms with Crippen LogP contribution in [0.1, 0.15) is 38.5 Å². The number of hydrogen-bond donors (Lipinski definition) is 1. The topological polar surface area (TPSA) is 49.4 Å². The van der Waals surface area contributed by atoms with E-state index in [1.807, 2.05) is 35.2 Å². The lowest BCUT2D eigenvalue weighted by atomic mass is 9.82. The number of nitrogens with one attached hydrogen (secondary N) is 1. The first kappa shape index (κ1) is 14.1. The molecule has 4 heteroatoms. The average molecular weight is 286 g/mol. The van der Waals surface area contributed by atoms with Crippen LogP contribution >= 0.6 is 0 Å². The highest BCUT2D eigenvalue weighted by molar-refractivity contribution is 5.90. The molecule has 1 aliphatic heterocycles. The maximum absolute atomic E-state index is 12.5. The van der Waals surface area contributed by atoms with E-state index >= 15 is 0 Å². The van der Waals surface area contributed by atoms with Crippen LogP contribution in [0.5, 0.6) is 0 Å². The van der Waals surface area contributed by atoms with Gasteiger partial charge in [0, 0.05) is 30.6 Å². The third-order valence-corrected chi connectivity index (χ3v) is 4.65. The van der Waals surface area contributed by atoms with Gasteiger partial charge in [0.2, 0.25) is 0 Å². The zero-order valence-electron chi connectivity index (χ0n) is 12.3. The summed E-state index contributed by atoms with van der Waals surface area (Å²) in [4.78, 5) is 26.5. The first-order valence-corrected chi connectivity index (χ1v) is 7.91. The SMILES string of the molecule is O=C1CCCCC1C1CCCN1C(=O)Nc1ccccc1. The van der Waals surface area contributed by atoms with Crippen LogP contribution in [0, 0.1) is 5.92 Å². The number of Topliss-reactive ketones (excluding diaryl/α,β-unsaturated/α-hetero) is 1. The van der Waals surface area contributed by atoms with Gasteiger partial charge in [0.25, 0.3) is 0 Å². The lowest BCUT2D eigenvalue weighted by Crippen LogP contribution is -2.45. The molecule has 2 amide bonds. The molecule has 0 spiro atoms. The second-order valence-electron chi connectivity index (χ2n) is 6.02. The zero-order chi connectivity index (χ0) is 14.7. The number of ketones is 1. The number of hydrogen-bond acceptors (Lipinski definition) is 2. The second kappa shape index (κ2) is 6.29. The molecule has 1 N–H and O–H groups in total. The Bertz CT molecular complexity index is 515. The molecule has 1 saturated heterocycles. The number of rotatable bonds is 2. The minimum atomic E-state index is -0.0675.